The van der Waals surface area contributed by atoms with E-state index in [1.54, 1.807) is 12.3 Å². The number of thioether (sulfide) groups is 1. The molecule has 98 valence electrons. The summed E-state index contributed by atoms with van der Waals surface area (Å²) in [5, 5.41) is 2.93. The summed E-state index contributed by atoms with van der Waals surface area (Å²) in [6.45, 7) is 0.711. The molecule has 0 radical (unpaired) electrons. The molecule has 0 bridgehead atoms. The Morgan fingerprint density at radius 3 is 3.17 bits per heavy atom. The first kappa shape index (κ1) is 13.6. The van der Waals surface area contributed by atoms with Crippen LogP contribution in [-0.4, -0.2) is 28.9 Å². The van der Waals surface area contributed by atoms with Crippen LogP contribution in [0.5, 0.6) is 0 Å². The molecule has 1 amide bonds. The van der Waals surface area contributed by atoms with Crippen molar-refractivity contribution in [2.45, 2.75) is 6.42 Å². The smallest absolute Gasteiger partial charge is 0.255 e. The highest BCUT2D eigenvalue weighted by Crippen LogP contribution is 2.23. The van der Waals surface area contributed by atoms with Crippen LogP contribution in [0, 0.1) is 5.92 Å². The molecule has 7 heteroatoms. The summed E-state index contributed by atoms with van der Waals surface area (Å²) < 4.78 is 0.753. The number of rotatable bonds is 4. The summed E-state index contributed by atoms with van der Waals surface area (Å²) in [5.74, 6) is 8.48. The largest absolute Gasteiger partial charge is 0.352 e. The van der Waals surface area contributed by atoms with E-state index in [9.17, 15) is 4.79 Å². The first-order chi connectivity index (χ1) is 8.70. The van der Waals surface area contributed by atoms with Crippen molar-refractivity contribution in [3.63, 3.8) is 0 Å². The molecule has 1 unspecified atom stereocenters. The van der Waals surface area contributed by atoms with Crippen molar-refractivity contribution in [1.82, 2.24) is 10.3 Å². The zero-order chi connectivity index (χ0) is 13.0. The third-order valence-electron chi connectivity index (χ3n) is 2.81. The Balaban J connectivity index is 2.00. The number of amides is 1. The van der Waals surface area contributed by atoms with Gasteiger partial charge in [-0.3, -0.25) is 4.79 Å². The monoisotopic (exact) mass is 330 g/mol. The number of nitrogen functional groups attached to an aromatic ring is 1. The van der Waals surface area contributed by atoms with Crippen molar-refractivity contribution in [2.75, 3.05) is 23.5 Å². The summed E-state index contributed by atoms with van der Waals surface area (Å²) in [4.78, 5) is 16.1. The lowest BCUT2D eigenvalue weighted by atomic mass is 10.1. The summed E-state index contributed by atoms with van der Waals surface area (Å²) in [7, 11) is 0. The minimum atomic E-state index is -0.145. The number of nitrogens with one attached hydrogen (secondary N) is 2. The molecule has 5 nitrogen and oxygen atoms in total. The van der Waals surface area contributed by atoms with Gasteiger partial charge in [0.05, 0.1) is 5.56 Å². The number of aromatic nitrogens is 1. The van der Waals surface area contributed by atoms with Crippen LogP contribution in [0.25, 0.3) is 0 Å². The number of carbonyl (C=O) groups excluding carboxylic acids is 1. The molecule has 0 aromatic carbocycles. The third-order valence-corrected chi connectivity index (χ3v) is 4.48. The number of hydrazine groups is 1. The summed E-state index contributed by atoms with van der Waals surface area (Å²) >= 11 is 5.23. The fraction of sp³-hybridized carbons (Fsp3) is 0.455. The zero-order valence-corrected chi connectivity index (χ0v) is 12.2. The van der Waals surface area contributed by atoms with Crippen LogP contribution in [0.15, 0.2) is 16.7 Å². The van der Waals surface area contributed by atoms with E-state index in [2.05, 4.69) is 31.7 Å². The van der Waals surface area contributed by atoms with Gasteiger partial charge in [-0.25, -0.2) is 10.8 Å². The summed E-state index contributed by atoms with van der Waals surface area (Å²) in [6.07, 6.45) is 2.77. The van der Waals surface area contributed by atoms with Crippen LogP contribution >= 0.6 is 27.7 Å². The lowest BCUT2D eigenvalue weighted by Gasteiger charge is -2.12. The van der Waals surface area contributed by atoms with E-state index in [0.29, 0.717) is 23.8 Å². The van der Waals surface area contributed by atoms with Crippen LogP contribution in [0.3, 0.4) is 0 Å². The van der Waals surface area contributed by atoms with Gasteiger partial charge in [0.25, 0.3) is 5.91 Å². The molecule has 1 saturated heterocycles. The Bertz CT molecular complexity index is 437. The number of carbonyl (C=O) groups is 1. The molecule has 0 saturated carbocycles. The molecule has 1 aromatic rings. The van der Waals surface area contributed by atoms with Crippen molar-refractivity contribution in [3.05, 3.63) is 22.3 Å². The van der Waals surface area contributed by atoms with Crippen molar-refractivity contribution in [1.29, 1.82) is 0 Å². The minimum absolute atomic E-state index is 0.145. The SMILES string of the molecule is NNc1ncc(Br)cc1C(=O)NCC1CCSC1. The van der Waals surface area contributed by atoms with Gasteiger partial charge in [0, 0.05) is 17.2 Å². The standard InChI is InChI=1S/C11H15BrN4OS/c12-8-3-9(10(16-13)14-5-8)11(17)15-4-7-1-2-18-6-7/h3,5,7H,1-2,4,6,13H2,(H,14,16)(H,15,17). The molecule has 0 spiro atoms. The van der Waals surface area contributed by atoms with E-state index >= 15 is 0 Å². The van der Waals surface area contributed by atoms with Gasteiger partial charge in [0.15, 0.2) is 5.82 Å². The van der Waals surface area contributed by atoms with Crippen LogP contribution in [0.4, 0.5) is 5.82 Å². The quantitative estimate of drug-likeness (QED) is 0.577. The average Bonchev–Trinajstić information content (AvgIpc) is 2.89. The topological polar surface area (TPSA) is 80.0 Å². The Morgan fingerprint density at radius 2 is 2.50 bits per heavy atom. The molecule has 1 aliphatic heterocycles. The molecule has 18 heavy (non-hydrogen) atoms. The highest BCUT2D eigenvalue weighted by Gasteiger charge is 2.18. The van der Waals surface area contributed by atoms with E-state index in [1.165, 1.54) is 12.2 Å². The van der Waals surface area contributed by atoms with Gasteiger partial charge in [-0.15, -0.1) is 0 Å². The fourth-order valence-corrected chi connectivity index (χ4v) is 3.42. The summed E-state index contributed by atoms with van der Waals surface area (Å²) in [5.41, 5.74) is 2.89. The van der Waals surface area contributed by atoms with Crippen LogP contribution in [-0.2, 0) is 0 Å². The molecule has 1 fully saturated rings. The number of nitrogens with zero attached hydrogens (tertiary/aromatic N) is 1. The minimum Gasteiger partial charge on any atom is -0.352 e. The highest BCUT2D eigenvalue weighted by atomic mass is 79.9. The molecular formula is C11H15BrN4OS. The third kappa shape index (κ3) is 3.37. The molecule has 1 aliphatic rings. The van der Waals surface area contributed by atoms with Gasteiger partial charge in [0.1, 0.15) is 0 Å². The maximum atomic E-state index is 12.1. The number of hydrogen-bond acceptors (Lipinski definition) is 5. The highest BCUT2D eigenvalue weighted by molar-refractivity contribution is 9.10. The molecule has 4 N–H and O–H groups in total. The van der Waals surface area contributed by atoms with E-state index in [-0.39, 0.29) is 5.91 Å². The van der Waals surface area contributed by atoms with E-state index in [4.69, 9.17) is 5.84 Å². The second-order valence-electron chi connectivity index (χ2n) is 4.13. The molecule has 1 aromatic heterocycles. The molecule has 1 atom stereocenters. The molecule has 0 aliphatic carbocycles. The van der Waals surface area contributed by atoms with Gasteiger partial charge in [-0.2, -0.15) is 11.8 Å². The average molecular weight is 331 g/mol. The predicted molar refractivity (Wildman–Crippen MR) is 77.5 cm³/mol. The Labute approximate surface area is 118 Å². The predicted octanol–water partition coefficient (Wildman–Crippen LogP) is 1.61. The van der Waals surface area contributed by atoms with Crippen LogP contribution < -0.4 is 16.6 Å². The van der Waals surface area contributed by atoms with E-state index in [1.807, 2.05) is 11.8 Å². The van der Waals surface area contributed by atoms with Gasteiger partial charge in [0.2, 0.25) is 0 Å². The lowest BCUT2D eigenvalue weighted by Crippen LogP contribution is -2.30. The van der Waals surface area contributed by atoms with Gasteiger partial charge < -0.3 is 10.7 Å². The van der Waals surface area contributed by atoms with E-state index < -0.39 is 0 Å². The lowest BCUT2D eigenvalue weighted by molar-refractivity contribution is 0.0949. The summed E-state index contributed by atoms with van der Waals surface area (Å²) in [6, 6.07) is 1.71. The second kappa shape index (κ2) is 6.40. The zero-order valence-electron chi connectivity index (χ0n) is 9.78. The maximum Gasteiger partial charge on any atom is 0.255 e. The Kier molecular flexibility index (Phi) is 4.85. The number of anilines is 1. The van der Waals surface area contributed by atoms with Crippen molar-refractivity contribution in [2.24, 2.45) is 11.8 Å². The fourth-order valence-electron chi connectivity index (χ4n) is 1.80. The first-order valence-electron chi connectivity index (χ1n) is 5.69. The van der Waals surface area contributed by atoms with Crippen LogP contribution in [0.2, 0.25) is 0 Å². The maximum absolute atomic E-state index is 12.1. The van der Waals surface area contributed by atoms with Gasteiger partial charge >= 0.3 is 0 Å². The first-order valence-corrected chi connectivity index (χ1v) is 7.63. The van der Waals surface area contributed by atoms with Gasteiger partial charge in [-0.05, 0) is 45.8 Å². The normalized spacial score (nSPS) is 18.7. The Hall–Kier alpha value is -0.790. The number of pyridine rings is 1. The van der Waals surface area contributed by atoms with Crippen molar-refractivity contribution >= 4 is 39.4 Å². The van der Waals surface area contributed by atoms with E-state index in [0.717, 1.165) is 10.2 Å². The van der Waals surface area contributed by atoms with Crippen LogP contribution in [0.1, 0.15) is 16.8 Å². The van der Waals surface area contributed by atoms with Crippen molar-refractivity contribution in [3.8, 4) is 0 Å². The van der Waals surface area contributed by atoms with Crippen molar-refractivity contribution < 1.29 is 4.79 Å². The second-order valence-corrected chi connectivity index (χ2v) is 6.20. The number of halogens is 1. The molecular weight excluding hydrogens is 316 g/mol. The molecule has 2 rings (SSSR count). The van der Waals surface area contributed by atoms with Gasteiger partial charge in [-0.1, -0.05) is 0 Å². The number of hydrogen-bond donors (Lipinski definition) is 3. The molecule has 2 heterocycles. The number of nitrogens with two attached hydrogens (primary N) is 1. The Morgan fingerprint density at radius 1 is 1.67 bits per heavy atom.